The molecule has 8 nitrogen and oxygen atoms in total. The summed E-state index contributed by atoms with van der Waals surface area (Å²) in [6.45, 7) is 3.35. The largest absolute Gasteiger partial charge is 0.377 e. The second-order valence-corrected chi connectivity index (χ2v) is 9.91. The number of ether oxygens (including phenoxy) is 1. The molecule has 0 bridgehead atoms. The SMILES string of the molecule is O=S(=O)(CC1CCCCO1)N1CCN(Cc2nc(-c3ccc(Cl)cc3)no2)CC1. The molecule has 0 amide bonds. The lowest BCUT2D eigenvalue weighted by Gasteiger charge is -2.34. The summed E-state index contributed by atoms with van der Waals surface area (Å²) >= 11 is 5.91. The summed E-state index contributed by atoms with van der Waals surface area (Å²) in [6.07, 6.45) is 2.71. The summed E-state index contributed by atoms with van der Waals surface area (Å²) in [5.74, 6) is 1.12. The Hall–Kier alpha value is -1.52. The zero-order chi connectivity index (χ0) is 20.3. The van der Waals surface area contributed by atoms with Gasteiger partial charge in [-0.3, -0.25) is 4.90 Å². The van der Waals surface area contributed by atoms with Crippen LogP contribution in [0.3, 0.4) is 0 Å². The van der Waals surface area contributed by atoms with E-state index in [0.717, 1.165) is 24.8 Å². The van der Waals surface area contributed by atoms with Gasteiger partial charge in [-0.15, -0.1) is 0 Å². The maximum Gasteiger partial charge on any atom is 0.241 e. The first kappa shape index (κ1) is 20.7. The molecular weight excluding hydrogens is 416 g/mol. The molecule has 2 aliphatic rings. The van der Waals surface area contributed by atoms with Gasteiger partial charge in [0.25, 0.3) is 0 Å². The van der Waals surface area contributed by atoms with Crippen LogP contribution < -0.4 is 0 Å². The molecule has 3 heterocycles. The van der Waals surface area contributed by atoms with E-state index in [2.05, 4.69) is 15.0 Å². The Morgan fingerprint density at radius 2 is 1.86 bits per heavy atom. The number of aromatic nitrogens is 2. The van der Waals surface area contributed by atoms with Crippen LogP contribution in [0.4, 0.5) is 0 Å². The quantitative estimate of drug-likeness (QED) is 0.681. The normalized spacial score (nSPS) is 22.0. The van der Waals surface area contributed by atoms with Crippen LogP contribution in [0, 0.1) is 0 Å². The van der Waals surface area contributed by atoms with E-state index < -0.39 is 10.0 Å². The maximum atomic E-state index is 12.7. The minimum atomic E-state index is -3.30. The van der Waals surface area contributed by atoms with Gasteiger partial charge in [0.15, 0.2) is 0 Å². The fourth-order valence-corrected chi connectivity index (χ4v) is 5.46. The molecule has 1 aromatic heterocycles. The highest BCUT2D eigenvalue weighted by Crippen LogP contribution is 2.20. The van der Waals surface area contributed by atoms with Crippen molar-refractivity contribution in [1.29, 1.82) is 0 Å². The van der Waals surface area contributed by atoms with Gasteiger partial charge < -0.3 is 9.26 Å². The lowest BCUT2D eigenvalue weighted by molar-refractivity contribution is 0.0296. The molecule has 1 aromatic carbocycles. The second-order valence-electron chi connectivity index (χ2n) is 7.46. The Balaban J connectivity index is 1.29. The number of hydrogen-bond acceptors (Lipinski definition) is 7. The lowest BCUT2D eigenvalue weighted by atomic mass is 10.1. The van der Waals surface area contributed by atoms with Crippen LogP contribution in [-0.2, 0) is 21.3 Å². The third-order valence-corrected chi connectivity index (χ3v) is 7.52. The van der Waals surface area contributed by atoms with Crippen LogP contribution in [0.1, 0.15) is 25.2 Å². The first-order valence-corrected chi connectivity index (χ1v) is 11.9. The Morgan fingerprint density at radius 3 is 2.55 bits per heavy atom. The fraction of sp³-hybridized carbons (Fsp3) is 0.579. The molecule has 2 aromatic rings. The summed E-state index contributed by atoms with van der Waals surface area (Å²) in [5.41, 5.74) is 0.838. The smallest absolute Gasteiger partial charge is 0.241 e. The van der Waals surface area contributed by atoms with Crippen molar-refractivity contribution < 1.29 is 17.7 Å². The molecule has 2 fully saturated rings. The first-order valence-electron chi connectivity index (χ1n) is 9.90. The van der Waals surface area contributed by atoms with E-state index in [-0.39, 0.29) is 11.9 Å². The highest BCUT2D eigenvalue weighted by atomic mass is 35.5. The Labute approximate surface area is 175 Å². The molecule has 158 valence electrons. The van der Waals surface area contributed by atoms with Gasteiger partial charge in [0.2, 0.25) is 21.7 Å². The van der Waals surface area contributed by atoms with Crippen molar-refractivity contribution in [2.75, 3.05) is 38.5 Å². The molecule has 4 rings (SSSR count). The minimum Gasteiger partial charge on any atom is -0.377 e. The van der Waals surface area contributed by atoms with Crippen LogP contribution in [-0.4, -0.2) is 72.4 Å². The number of benzene rings is 1. The van der Waals surface area contributed by atoms with Crippen LogP contribution >= 0.6 is 11.6 Å². The number of sulfonamides is 1. The molecule has 0 saturated carbocycles. The second kappa shape index (κ2) is 9.09. The fourth-order valence-electron chi connectivity index (χ4n) is 3.67. The highest BCUT2D eigenvalue weighted by molar-refractivity contribution is 7.89. The van der Waals surface area contributed by atoms with Crippen molar-refractivity contribution in [2.45, 2.75) is 31.9 Å². The van der Waals surface area contributed by atoms with Gasteiger partial charge in [-0.2, -0.15) is 9.29 Å². The topological polar surface area (TPSA) is 88.8 Å². The van der Waals surface area contributed by atoms with Crippen molar-refractivity contribution in [3.8, 4) is 11.4 Å². The van der Waals surface area contributed by atoms with Gasteiger partial charge in [-0.1, -0.05) is 16.8 Å². The lowest BCUT2D eigenvalue weighted by Crippen LogP contribution is -2.50. The van der Waals surface area contributed by atoms with E-state index in [1.54, 1.807) is 16.4 Å². The van der Waals surface area contributed by atoms with Crippen molar-refractivity contribution in [2.24, 2.45) is 0 Å². The molecule has 29 heavy (non-hydrogen) atoms. The Morgan fingerprint density at radius 1 is 1.10 bits per heavy atom. The van der Waals surface area contributed by atoms with Crippen LogP contribution in [0.2, 0.25) is 5.02 Å². The van der Waals surface area contributed by atoms with Crippen LogP contribution in [0.15, 0.2) is 28.8 Å². The summed E-state index contributed by atoms with van der Waals surface area (Å²) in [7, 11) is -3.30. The summed E-state index contributed by atoms with van der Waals surface area (Å²) in [6, 6.07) is 7.25. The standard InChI is InChI=1S/C19H25ClN4O4S/c20-16-6-4-15(5-7-16)19-21-18(28-22-19)13-23-8-10-24(11-9-23)29(25,26)14-17-3-1-2-12-27-17/h4-7,17H,1-3,8-14H2. The average Bonchev–Trinajstić information content (AvgIpc) is 3.18. The Kier molecular flexibility index (Phi) is 6.50. The molecule has 2 saturated heterocycles. The summed E-state index contributed by atoms with van der Waals surface area (Å²) < 4.78 is 37.9. The predicted molar refractivity (Wildman–Crippen MR) is 109 cm³/mol. The van der Waals surface area contributed by atoms with Crippen molar-refractivity contribution in [1.82, 2.24) is 19.3 Å². The van der Waals surface area contributed by atoms with E-state index in [4.69, 9.17) is 20.9 Å². The average molecular weight is 441 g/mol. The number of rotatable bonds is 6. The Bertz CT molecular complexity index is 905. The van der Waals surface area contributed by atoms with Crippen LogP contribution in [0.5, 0.6) is 0 Å². The van der Waals surface area contributed by atoms with E-state index in [9.17, 15) is 8.42 Å². The first-order chi connectivity index (χ1) is 14.0. The molecule has 10 heteroatoms. The van der Waals surface area contributed by atoms with Gasteiger partial charge in [-0.25, -0.2) is 8.42 Å². The number of halogens is 1. The third-order valence-electron chi connectivity index (χ3n) is 5.32. The van der Waals surface area contributed by atoms with Crippen molar-refractivity contribution >= 4 is 21.6 Å². The van der Waals surface area contributed by atoms with Crippen molar-refractivity contribution in [3.05, 3.63) is 35.2 Å². The summed E-state index contributed by atoms with van der Waals surface area (Å²) in [5, 5.41) is 4.68. The number of hydrogen-bond donors (Lipinski definition) is 0. The van der Waals surface area contributed by atoms with E-state index in [1.807, 2.05) is 12.1 Å². The third kappa shape index (κ3) is 5.35. The van der Waals surface area contributed by atoms with Gasteiger partial charge in [0.05, 0.1) is 18.4 Å². The molecule has 0 aliphatic carbocycles. The molecule has 1 atom stereocenters. The highest BCUT2D eigenvalue weighted by Gasteiger charge is 2.31. The van der Waals surface area contributed by atoms with E-state index in [1.165, 1.54) is 0 Å². The predicted octanol–water partition coefficient (Wildman–Crippen LogP) is 2.41. The molecular formula is C19H25ClN4O4S. The zero-order valence-electron chi connectivity index (χ0n) is 16.2. The maximum absolute atomic E-state index is 12.7. The molecule has 0 radical (unpaired) electrons. The van der Waals surface area contributed by atoms with E-state index >= 15 is 0 Å². The minimum absolute atomic E-state index is 0.0844. The molecule has 2 aliphatic heterocycles. The van der Waals surface area contributed by atoms with Gasteiger partial charge in [-0.05, 0) is 43.5 Å². The molecule has 0 spiro atoms. The van der Waals surface area contributed by atoms with E-state index in [0.29, 0.717) is 56.1 Å². The molecule has 1 unspecified atom stereocenters. The zero-order valence-corrected chi connectivity index (χ0v) is 17.7. The van der Waals surface area contributed by atoms with Gasteiger partial charge in [0, 0.05) is 43.4 Å². The monoisotopic (exact) mass is 440 g/mol. The number of nitrogens with zero attached hydrogens (tertiary/aromatic N) is 4. The van der Waals surface area contributed by atoms with Gasteiger partial charge in [0.1, 0.15) is 0 Å². The summed E-state index contributed by atoms with van der Waals surface area (Å²) in [4.78, 5) is 6.57. The van der Waals surface area contributed by atoms with Crippen molar-refractivity contribution in [3.63, 3.8) is 0 Å². The van der Waals surface area contributed by atoms with Gasteiger partial charge >= 0.3 is 0 Å². The number of piperazine rings is 1. The van der Waals surface area contributed by atoms with Crippen LogP contribution in [0.25, 0.3) is 11.4 Å². The molecule has 0 N–H and O–H groups in total.